The normalized spacial score (nSPS) is 16.8. The zero-order valence-electron chi connectivity index (χ0n) is 15.2. The molecule has 1 aliphatic rings. The second-order valence-corrected chi connectivity index (χ2v) is 7.53. The van der Waals surface area contributed by atoms with Gasteiger partial charge in [-0.2, -0.15) is 0 Å². The molecule has 0 aliphatic carbocycles. The highest BCUT2D eigenvalue weighted by Crippen LogP contribution is 2.32. The molecule has 1 aromatic heterocycles. The maximum absolute atomic E-state index is 12.3. The van der Waals surface area contributed by atoms with Crippen molar-refractivity contribution in [2.75, 3.05) is 25.0 Å². The predicted molar refractivity (Wildman–Crippen MR) is 105 cm³/mol. The summed E-state index contributed by atoms with van der Waals surface area (Å²) in [6.45, 7) is 5.36. The van der Waals surface area contributed by atoms with Gasteiger partial charge in [0.15, 0.2) is 0 Å². The Balaban J connectivity index is 1.48. The van der Waals surface area contributed by atoms with Crippen LogP contribution in [0.15, 0.2) is 35.7 Å². The molecule has 0 fully saturated rings. The smallest absolute Gasteiger partial charge is 0.243 e. The number of rotatable bonds is 6. The molecule has 5 nitrogen and oxygen atoms in total. The Morgan fingerprint density at radius 2 is 2.04 bits per heavy atom. The van der Waals surface area contributed by atoms with E-state index in [1.54, 1.807) is 11.3 Å². The molecule has 0 saturated carbocycles. The molecule has 2 amide bonds. The monoisotopic (exact) mass is 371 g/mol. The van der Waals surface area contributed by atoms with E-state index in [-0.39, 0.29) is 24.4 Å². The lowest BCUT2D eigenvalue weighted by molar-refractivity contribution is -0.125. The maximum Gasteiger partial charge on any atom is 0.243 e. The van der Waals surface area contributed by atoms with Crippen LogP contribution in [-0.4, -0.2) is 36.3 Å². The summed E-state index contributed by atoms with van der Waals surface area (Å²) < 4.78 is 0. The quantitative estimate of drug-likeness (QED) is 0.821. The summed E-state index contributed by atoms with van der Waals surface area (Å²) in [6, 6.07) is 10.1. The number of carbonyl (C=O) groups is 2. The molecule has 26 heavy (non-hydrogen) atoms. The summed E-state index contributed by atoms with van der Waals surface area (Å²) in [7, 11) is 0. The Morgan fingerprint density at radius 3 is 2.85 bits per heavy atom. The van der Waals surface area contributed by atoms with Gasteiger partial charge in [-0.3, -0.25) is 14.5 Å². The minimum atomic E-state index is -0.203. The SMILES string of the molecule is CCc1ccccc1NC(=O)CNC(=O)CN1CCc2sccc2[C@@H]1C. The van der Waals surface area contributed by atoms with Gasteiger partial charge in [0, 0.05) is 23.2 Å². The largest absolute Gasteiger partial charge is 0.346 e. The fourth-order valence-corrected chi connectivity index (χ4v) is 4.30. The lowest BCUT2D eigenvalue weighted by atomic mass is 10.0. The van der Waals surface area contributed by atoms with Crippen molar-refractivity contribution in [3.63, 3.8) is 0 Å². The van der Waals surface area contributed by atoms with Crippen molar-refractivity contribution in [3.8, 4) is 0 Å². The van der Waals surface area contributed by atoms with E-state index in [1.165, 1.54) is 10.4 Å². The van der Waals surface area contributed by atoms with E-state index in [9.17, 15) is 9.59 Å². The number of fused-ring (bicyclic) bond motifs is 1. The Kier molecular flexibility index (Phi) is 6.06. The number of amides is 2. The van der Waals surface area contributed by atoms with Crippen molar-refractivity contribution < 1.29 is 9.59 Å². The van der Waals surface area contributed by atoms with Gasteiger partial charge < -0.3 is 10.6 Å². The number of hydrogen-bond donors (Lipinski definition) is 2. The summed E-state index contributed by atoms with van der Waals surface area (Å²) in [5, 5.41) is 7.72. The van der Waals surface area contributed by atoms with Gasteiger partial charge in [-0.25, -0.2) is 0 Å². The summed E-state index contributed by atoms with van der Waals surface area (Å²) in [5.41, 5.74) is 3.22. The van der Waals surface area contributed by atoms with Gasteiger partial charge in [-0.1, -0.05) is 25.1 Å². The second kappa shape index (κ2) is 8.47. The molecule has 0 saturated heterocycles. The summed E-state index contributed by atoms with van der Waals surface area (Å²) in [6.07, 6.45) is 1.83. The summed E-state index contributed by atoms with van der Waals surface area (Å²) >= 11 is 1.79. The number of anilines is 1. The molecule has 1 aliphatic heterocycles. The molecule has 2 heterocycles. The minimum Gasteiger partial charge on any atom is -0.346 e. The Hall–Kier alpha value is -2.18. The standard InChI is InChI=1S/C20H25N3O2S/c1-3-15-6-4-5-7-17(15)22-19(24)12-21-20(25)13-23-10-8-18-16(14(23)2)9-11-26-18/h4-7,9,11,14H,3,8,10,12-13H2,1-2H3,(H,21,25)(H,22,24)/t14-/m0/s1. The van der Waals surface area contributed by atoms with Crippen molar-refractivity contribution in [2.45, 2.75) is 32.7 Å². The number of nitrogens with one attached hydrogen (secondary N) is 2. The van der Waals surface area contributed by atoms with Crippen LogP contribution < -0.4 is 10.6 Å². The molecule has 1 atom stereocenters. The number of nitrogens with zero attached hydrogens (tertiary/aromatic N) is 1. The number of carbonyl (C=O) groups excluding carboxylic acids is 2. The molecule has 2 N–H and O–H groups in total. The van der Waals surface area contributed by atoms with Crippen LogP contribution in [0.4, 0.5) is 5.69 Å². The number of para-hydroxylation sites is 1. The third-order valence-corrected chi connectivity index (χ3v) is 5.87. The zero-order valence-corrected chi connectivity index (χ0v) is 16.1. The lowest BCUT2D eigenvalue weighted by Crippen LogP contribution is -2.43. The zero-order chi connectivity index (χ0) is 18.5. The third-order valence-electron chi connectivity index (χ3n) is 4.87. The van der Waals surface area contributed by atoms with Gasteiger partial charge >= 0.3 is 0 Å². The summed E-state index contributed by atoms with van der Waals surface area (Å²) in [4.78, 5) is 28.0. The lowest BCUT2D eigenvalue weighted by Gasteiger charge is -2.32. The Bertz CT molecular complexity index is 787. The molecule has 3 rings (SSSR count). The molecule has 1 aromatic carbocycles. The second-order valence-electron chi connectivity index (χ2n) is 6.53. The average Bonchev–Trinajstić information content (AvgIpc) is 3.12. The number of thiophene rings is 1. The number of benzene rings is 1. The van der Waals surface area contributed by atoms with Crippen LogP contribution in [-0.2, 0) is 22.4 Å². The van der Waals surface area contributed by atoms with E-state index in [2.05, 4.69) is 33.9 Å². The first-order chi connectivity index (χ1) is 12.6. The highest BCUT2D eigenvalue weighted by Gasteiger charge is 2.26. The van der Waals surface area contributed by atoms with Crippen molar-refractivity contribution in [1.29, 1.82) is 0 Å². The van der Waals surface area contributed by atoms with E-state index in [0.29, 0.717) is 6.54 Å². The van der Waals surface area contributed by atoms with Crippen molar-refractivity contribution >= 4 is 28.8 Å². The van der Waals surface area contributed by atoms with E-state index < -0.39 is 0 Å². The first-order valence-electron chi connectivity index (χ1n) is 9.03. The average molecular weight is 372 g/mol. The van der Waals surface area contributed by atoms with E-state index in [1.807, 2.05) is 31.2 Å². The van der Waals surface area contributed by atoms with Gasteiger partial charge in [0.2, 0.25) is 11.8 Å². The molecular formula is C20H25N3O2S. The predicted octanol–water partition coefficient (Wildman–Crippen LogP) is 2.98. The number of aryl methyl sites for hydroxylation is 1. The van der Waals surface area contributed by atoms with Crippen molar-refractivity contribution in [2.24, 2.45) is 0 Å². The van der Waals surface area contributed by atoms with E-state index in [0.717, 1.165) is 30.6 Å². The van der Waals surface area contributed by atoms with Gasteiger partial charge in [0.05, 0.1) is 13.1 Å². The molecule has 0 radical (unpaired) electrons. The molecule has 0 unspecified atom stereocenters. The van der Waals surface area contributed by atoms with Gasteiger partial charge in [0.25, 0.3) is 0 Å². The molecule has 2 aromatic rings. The summed E-state index contributed by atoms with van der Waals surface area (Å²) in [5.74, 6) is -0.319. The van der Waals surface area contributed by atoms with Gasteiger partial charge in [-0.05, 0) is 48.4 Å². The maximum atomic E-state index is 12.3. The highest BCUT2D eigenvalue weighted by atomic mass is 32.1. The van der Waals surface area contributed by atoms with Crippen LogP contribution in [0.25, 0.3) is 0 Å². The number of hydrogen-bond acceptors (Lipinski definition) is 4. The molecule has 0 spiro atoms. The van der Waals surface area contributed by atoms with Crippen LogP contribution in [0.2, 0.25) is 0 Å². The first-order valence-corrected chi connectivity index (χ1v) is 9.91. The van der Waals surface area contributed by atoms with Crippen molar-refractivity contribution in [3.05, 3.63) is 51.7 Å². The van der Waals surface area contributed by atoms with Crippen LogP contribution >= 0.6 is 11.3 Å². The Morgan fingerprint density at radius 1 is 1.23 bits per heavy atom. The topological polar surface area (TPSA) is 61.4 Å². The van der Waals surface area contributed by atoms with E-state index >= 15 is 0 Å². The molecule has 0 bridgehead atoms. The van der Waals surface area contributed by atoms with Gasteiger partial charge in [-0.15, -0.1) is 11.3 Å². The van der Waals surface area contributed by atoms with Crippen LogP contribution in [0.5, 0.6) is 0 Å². The van der Waals surface area contributed by atoms with Crippen LogP contribution in [0, 0.1) is 0 Å². The fraction of sp³-hybridized carbons (Fsp3) is 0.400. The van der Waals surface area contributed by atoms with Crippen LogP contribution in [0.3, 0.4) is 0 Å². The fourth-order valence-electron chi connectivity index (χ4n) is 3.34. The van der Waals surface area contributed by atoms with Crippen molar-refractivity contribution in [1.82, 2.24) is 10.2 Å². The first kappa shape index (κ1) is 18.6. The third kappa shape index (κ3) is 4.31. The van der Waals surface area contributed by atoms with Crippen LogP contribution in [0.1, 0.15) is 35.9 Å². The van der Waals surface area contributed by atoms with E-state index in [4.69, 9.17) is 0 Å². The molecular weight excluding hydrogens is 346 g/mol. The molecule has 138 valence electrons. The minimum absolute atomic E-state index is 0.0111. The van der Waals surface area contributed by atoms with Gasteiger partial charge in [0.1, 0.15) is 0 Å². The highest BCUT2D eigenvalue weighted by molar-refractivity contribution is 7.10. The Labute approximate surface area is 158 Å². The molecule has 6 heteroatoms.